The van der Waals surface area contributed by atoms with Crippen molar-refractivity contribution in [3.8, 4) is 10.7 Å². The molecule has 0 amide bonds. The van der Waals surface area contributed by atoms with Gasteiger partial charge in [0.05, 0.1) is 8.66 Å². The van der Waals surface area contributed by atoms with Crippen LogP contribution in [-0.2, 0) is 0 Å². The van der Waals surface area contributed by atoms with Crippen LogP contribution in [0.2, 0.25) is 0 Å². The maximum atomic E-state index is 5.64. The number of halogens is 1. The topological polar surface area (TPSA) is 64.9 Å². The lowest BCUT2D eigenvalue weighted by atomic mass is 10.2. The van der Waals surface area contributed by atoms with Gasteiger partial charge in [0.15, 0.2) is 0 Å². The molecule has 0 unspecified atom stereocenters. The molecule has 0 saturated carbocycles. The molecule has 0 atom stereocenters. The van der Waals surface area contributed by atoms with E-state index >= 15 is 0 Å². The van der Waals surface area contributed by atoms with E-state index in [-0.39, 0.29) is 0 Å². The van der Waals surface area contributed by atoms with Crippen molar-refractivity contribution in [3.05, 3.63) is 51.6 Å². The van der Waals surface area contributed by atoms with Crippen molar-refractivity contribution in [2.24, 2.45) is 0 Å². The van der Waals surface area contributed by atoms with Gasteiger partial charge in [0.2, 0.25) is 5.82 Å². The Kier molecular flexibility index (Phi) is 3.66. The van der Waals surface area contributed by atoms with Crippen LogP contribution < -0.4 is 5.73 Å². The zero-order chi connectivity index (χ0) is 13.9. The molecule has 6 heteroatoms. The molecule has 100 valence electrons. The molecule has 3 rings (SSSR count). The largest absolute Gasteiger partial charge is 0.399 e. The summed E-state index contributed by atoms with van der Waals surface area (Å²) in [5.74, 6) is 1.07. The number of aromatic nitrogens is 2. The lowest BCUT2D eigenvalue weighted by molar-refractivity contribution is 0.411. The van der Waals surface area contributed by atoms with Gasteiger partial charge in [-0.3, -0.25) is 0 Å². The zero-order valence-electron chi connectivity index (χ0n) is 10.3. The molecule has 0 fully saturated rings. The minimum Gasteiger partial charge on any atom is -0.399 e. The molecule has 0 radical (unpaired) electrons. The Hall–Kier alpha value is -1.92. The molecular formula is C14H10BrN3OS. The van der Waals surface area contributed by atoms with Crippen LogP contribution in [0.15, 0.2) is 44.7 Å². The van der Waals surface area contributed by atoms with E-state index in [2.05, 4.69) is 26.1 Å². The van der Waals surface area contributed by atoms with Crippen molar-refractivity contribution in [2.45, 2.75) is 0 Å². The Labute approximate surface area is 128 Å². The zero-order valence-corrected chi connectivity index (χ0v) is 12.7. The van der Waals surface area contributed by atoms with Gasteiger partial charge in [0.25, 0.3) is 5.89 Å². The van der Waals surface area contributed by atoms with E-state index in [1.807, 2.05) is 42.5 Å². The summed E-state index contributed by atoms with van der Waals surface area (Å²) in [4.78, 5) is 5.29. The van der Waals surface area contributed by atoms with Gasteiger partial charge in [0.1, 0.15) is 0 Å². The van der Waals surface area contributed by atoms with Crippen molar-refractivity contribution < 1.29 is 4.52 Å². The molecule has 2 heterocycles. The number of nitrogens with two attached hydrogens (primary N) is 1. The van der Waals surface area contributed by atoms with E-state index in [0.717, 1.165) is 19.9 Å². The summed E-state index contributed by atoms with van der Waals surface area (Å²) in [6, 6.07) is 11.5. The van der Waals surface area contributed by atoms with E-state index in [9.17, 15) is 0 Å². The number of nitrogen functional groups attached to an aromatic ring is 1. The highest BCUT2D eigenvalue weighted by molar-refractivity contribution is 9.11. The van der Waals surface area contributed by atoms with Gasteiger partial charge >= 0.3 is 0 Å². The average Bonchev–Trinajstić information content (AvgIpc) is 3.07. The van der Waals surface area contributed by atoms with Crippen LogP contribution in [0.25, 0.3) is 22.9 Å². The van der Waals surface area contributed by atoms with E-state index in [1.54, 1.807) is 17.4 Å². The Morgan fingerprint density at radius 3 is 2.60 bits per heavy atom. The van der Waals surface area contributed by atoms with Crippen molar-refractivity contribution in [2.75, 3.05) is 5.73 Å². The van der Waals surface area contributed by atoms with Crippen molar-refractivity contribution in [1.29, 1.82) is 0 Å². The number of rotatable bonds is 3. The van der Waals surface area contributed by atoms with Gasteiger partial charge in [-0.15, -0.1) is 11.3 Å². The summed E-state index contributed by atoms with van der Waals surface area (Å²) >= 11 is 4.98. The highest BCUT2D eigenvalue weighted by Gasteiger charge is 2.08. The van der Waals surface area contributed by atoms with Crippen molar-refractivity contribution >= 4 is 45.1 Å². The average molecular weight is 348 g/mol. The third-order valence-electron chi connectivity index (χ3n) is 2.59. The summed E-state index contributed by atoms with van der Waals surface area (Å²) in [6.45, 7) is 0. The van der Waals surface area contributed by atoms with Crippen LogP contribution >= 0.6 is 27.3 Å². The minimum absolute atomic E-state index is 0.473. The Bertz CT molecular complexity index is 746. The maximum absolute atomic E-state index is 5.64. The van der Waals surface area contributed by atoms with Gasteiger partial charge in [-0.25, -0.2) is 0 Å². The fraction of sp³-hybridized carbons (Fsp3) is 0. The summed E-state index contributed by atoms with van der Waals surface area (Å²) in [5.41, 5.74) is 7.40. The van der Waals surface area contributed by atoms with Gasteiger partial charge < -0.3 is 10.3 Å². The molecule has 0 bridgehead atoms. The monoisotopic (exact) mass is 347 g/mol. The van der Waals surface area contributed by atoms with Gasteiger partial charge in [-0.1, -0.05) is 17.3 Å². The Morgan fingerprint density at radius 1 is 1.10 bits per heavy atom. The molecule has 20 heavy (non-hydrogen) atoms. The molecule has 3 aromatic rings. The van der Waals surface area contributed by atoms with Gasteiger partial charge in [-0.05, 0) is 51.8 Å². The van der Waals surface area contributed by atoms with E-state index in [0.29, 0.717) is 11.7 Å². The molecule has 0 spiro atoms. The normalized spacial score (nSPS) is 11.2. The predicted octanol–water partition coefficient (Wildman–Crippen LogP) is 4.31. The number of anilines is 1. The van der Waals surface area contributed by atoms with Gasteiger partial charge in [0, 0.05) is 11.8 Å². The Balaban J connectivity index is 1.78. The van der Waals surface area contributed by atoms with Crippen molar-refractivity contribution in [3.63, 3.8) is 0 Å². The summed E-state index contributed by atoms with van der Waals surface area (Å²) in [6.07, 6.45) is 3.69. The van der Waals surface area contributed by atoms with E-state index in [1.165, 1.54) is 0 Å². The number of benzene rings is 1. The molecule has 2 aromatic heterocycles. The third-order valence-corrected chi connectivity index (χ3v) is 4.21. The summed E-state index contributed by atoms with van der Waals surface area (Å²) in [7, 11) is 0. The molecule has 2 N–H and O–H groups in total. The lowest BCUT2D eigenvalue weighted by Gasteiger charge is -1.93. The summed E-state index contributed by atoms with van der Waals surface area (Å²) < 4.78 is 6.23. The molecule has 0 aliphatic rings. The number of hydrogen-bond donors (Lipinski definition) is 1. The molecule has 1 aromatic carbocycles. The molecule has 0 aliphatic heterocycles. The summed E-state index contributed by atoms with van der Waals surface area (Å²) in [5, 5.41) is 3.96. The predicted molar refractivity (Wildman–Crippen MR) is 85.1 cm³/mol. The first kappa shape index (κ1) is 13.1. The van der Waals surface area contributed by atoms with E-state index < -0.39 is 0 Å². The maximum Gasteiger partial charge on any atom is 0.250 e. The quantitative estimate of drug-likeness (QED) is 0.716. The van der Waals surface area contributed by atoms with Crippen LogP contribution in [-0.4, -0.2) is 10.1 Å². The van der Waals surface area contributed by atoms with Crippen molar-refractivity contribution in [1.82, 2.24) is 10.1 Å². The first-order valence-electron chi connectivity index (χ1n) is 5.84. The minimum atomic E-state index is 0.473. The molecule has 0 aliphatic carbocycles. The number of thiophene rings is 1. The highest BCUT2D eigenvalue weighted by atomic mass is 79.9. The fourth-order valence-corrected chi connectivity index (χ4v) is 2.92. The van der Waals surface area contributed by atoms with Gasteiger partial charge in [-0.2, -0.15) is 4.98 Å². The standard InChI is InChI=1S/C14H10BrN3OS/c15-12-7-6-11(20-12)14-17-13(19-18-14)8-3-9-1-4-10(16)5-2-9/h1-8H,16H2/b8-3+. The molecule has 4 nitrogen and oxygen atoms in total. The molecular weight excluding hydrogens is 338 g/mol. The fourth-order valence-electron chi connectivity index (χ4n) is 1.61. The SMILES string of the molecule is Nc1ccc(/C=C/c2nc(-c3ccc(Br)s3)no2)cc1. The molecule has 0 saturated heterocycles. The van der Waals surface area contributed by atoms with Crippen LogP contribution in [0.5, 0.6) is 0 Å². The second kappa shape index (κ2) is 5.60. The first-order valence-corrected chi connectivity index (χ1v) is 7.45. The number of hydrogen-bond acceptors (Lipinski definition) is 5. The van der Waals surface area contributed by atoms with Crippen LogP contribution in [0, 0.1) is 0 Å². The lowest BCUT2D eigenvalue weighted by Crippen LogP contribution is -1.82. The smallest absolute Gasteiger partial charge is 0.250 e. The van der Waals surface area contributed by atoms with Crippen LogP contribution in [0.3, 0.4) is 0 Å². The second-order valence-electron chi connectivity index (χ2n) is 4.06. The van der Waals surface area contributed by atoms with Crippen LogP contribution in [0.1, 0.15) is 11.5 Å². The van der Waals surface area contributed by atoms with Crippen LogP contribution in [0.4, 0.5) is 5.69 Å². The second-order valence-corrected chi connectivity index (χ2v) is 6.52. The Morgan fingerprint density at radius 2 is 1.90 bits per heavy atom. The number of nitrogens with zero attached hydrogens (tertiary/aromatic N) is 2. The third kappa shape index (κ3) is 2.97. The first-order chi connectivity index (χ1) is 9.70. The highest BCUT2D eigenvalue weighted by Crippen LogP contribution is 2.29. The van der Waals surface area contributed by atoms with E-state index in [4.69, 9.17) is 10.3 Å².